The summed E-state index contributed by atoms with van der Waals surface area (Å²) >= 11 is 3.46. The summed E-state index contributed by atoms with van der Waals surface area (Å²) in [6.45, 7) is 2.26. The lowest BCUT2D eigenvalue weighted by Gasteiger charge is -2.28. The topological polar surface area (TPSA) is 26.3 Å². The van der Waals surface area contributed by atoms with E-state index in [-0.39, 0.29) is 0 Å². The van der Waals surface area contributed by atoms with Gasteiger partial charge in [0.1, 0.15) is 12.0 Å². The van der Waals surface area contributed by atoms with Crippen molar-refractivity contribution < 1.29 is 9.53 Å². The zero-order valence-electron chi connectivity index (χ0n) is 10.7. The molecule has 98 valence electrons. The van der Waals surface area contributed by atoms with E-state index in [2.05, 4.69) is 22.9 Å². The monoisotopic (exact) mass is 310 g/mol. The van der Waals surface area contributed by atoms with Crippen molar-refractivity contribution in [2.75, 3.05) is 0 Å². The van der Waals surface area contributed by atoms with E-state index in [0.717, 1.165) is 35.3 Å². The van der Waals surface area contributed by atoms with Crippen LogP contribution in [0.4, 0.5) is 0 Å². The third-order valence-electron chi connectivity index (χ3n) is 3.76. The quantitative estimate of drug-likeness (QED) is 0.759. The molecule has 2 rings (SSSR count). The van der Waals surface area contributed by atoms with Gasteiger partial charge in [-0.1, -0.05) is 13.3 Å². The molecule has 0 radical (unpaired) electrons. The van der Waals surface area contributed by atoms with Crippen LogP contribution in [0, 0.1) is 5.92 Å². The van der Waals surface area contributed by atoms with Crippen molar-refractivity contribution in [3.63, 3.8) is 0 Å². The first kappa shape index (κ1) is 13.6. The molecule has 0 unspecified atom stereocenters. The average Bonchev–Trinajstić information content (AvgIpc) is 2.42. The number of hydrogen-bond donors (Lipinski definition) is 0. The van der Waals surface area contributed by atoms with Gasteiger partial charge in [-0.25, -0.2) is 0 Å². The fourth-order valence-corrected chi connectivity index (χ4v) is 3.01. The van der Waals surface area contributed by atoms with E-state index < -0.39 is 0 Å². The van der Waals surface area contributed by atoms with Gasteiger partial charge in [-0.05, 0) is 65.7 Å². The summed E-state index contributed by atoms with van der Waals surface area (Å²) < 4.78 is 6.88. The van der Waals surface area contributed by atoms with Gasteiger partial charge < -0.3 is 4.74 Å². The molecule has 1 saturated carbocycles. The largest absolute Gasteiger partial charge is 0.489 e. The van der Waals surface area contributed by atoms with Crippen LogP contribution >= 0.6 is 15.9 Å². The van der Waals surface area contributed by atoms with Crippen molar-refractivity contribution in [1.29, 1.82) is 0 Å². The number of carbonyl (C=O) groups is 1. The van der Waals surface area contributed by atoms with Gasteiger partial charge in [0.15, 0.2) is 0 Å². The number of ether oxygens (including phenoxy) is 1. The van der Waals surface area contributed by atoms with Crippen molar-refractivity contribution in [2.45, 2.75) is 45.1 Å². The Morgan fingerprint density at radius 3 is 2.61 bits per heavy atom. The predicted octanol–water partition coefficient (Wildman–Crippen LogP) is 4.61. The van der Waals surface area contributed by atoms with E-state index in [0.29, 0.717) is 11.7 Å². The molecule has 2 nitrogen and oxygen atoms in total. The molecule has 3 heteroatoms. The summed E-state index contributed by atoms with van der Waals surface area (Å²) in [5.74, 6) is 1.73. The molecule has 0 aliphatic heterocycles. The minimum Gasteiger partial charge on any atom is -0.489 e. The van der Waals surface area contributed by atoms with Crippen LogP contribution < -0.4 is 4.74 Å². The molecule has 0 amide bonds. The van der Waals surface area contributed by atoms with Crippen LogP contribution in [0.1, 0.15) is 49.4 Å². The number of aldehydes is 1. The third kappa shape index (κ3) is 3.35. The Bertz CT molecular complexity index is 409. The van der Waals surface area contributed by atoms with E-state index in [4.69, 9.17) is 4.74 Å². The Labute approximate surface area is 117 Å². The zero-order valence-corrected chi connectivity index (χ0v) is 12.3. The van der Waals surface area contributed by atoms with Crippen molar-refractivity contribution in [3.8, 4) is 5.75 Å². The molecular weight excluding hydrogens is 292 g/mol. The highest BCUT2D eigenvalue weighted by Crippen LogP contribution is 2.32. The second-order valence-electron chi connectivity index (χ2n) is 4.98. The highest BCUT2D eigenvalue weighted by molar-refractivity contribution is 9.10. The van der Waals surface area contributed by atoms with Gasteiger partial charge in [0.2, 0.25) is 0 Å². The minimum atomic E-state index is 0.325. The smallest absolute Gasteiger partial charge is 0.150 e. The highest BCUT2D eigenvalue weighted by Gasteiger charge is 2.21. The molecule has 0 spiro atoms. The maximum absolute atomic E-state index is 10.7. The van der Waals surface area contributed by atoms with E-state index in [1.165, 1.54) is 19.3 Å². The van der Waals surface area contributed by atoms with Crippen LogP contribution in [0.3, 0.4) is 0 Å². The van der Waals surface area contributed by atoms with E-state index in [1.807, 2.05) is 6.07 Å². The molecule has 0 bridgehead atoms. The van der Waals surface area contributed by atoms with Crippen LogP contribution in [-0.2, 0) is 0 Å². The summed E-state index contributed by atoms with van der Waals surface area (Å²) in [4.78, 5) is 10.7. The molecule has 0 N–H and O–H groups in total. The van der Waals surface area contributed by atoms with Gasteiger partial charge in [0, 0.05) is 5.56 Å². The van der Waals surface area contributed by atoms with Crippen LogP contribution in [0.25, 0.3) is 0 Å². The Morgan fingerprint density at radius 1 is 1.33 bits per heavy atom. The van der Waals surface area contributed by atoms with Crippen molar-refractivity contribution in [1.82, 2.24) is 0 Å². The standard InChI is InChI=1S/C15H19BrO2/c1-2-11-3-6-13(7-4-11)18-15-8-5-12(10-17)9-14(15)16/h5,8-11,13H,2-4,6-7H2,1H3. The normalized spacial score (nSPS) is 23.7. The van der Waals surface area contributed by atoms with Gasteiger partial charge in [-0.3, -0.25) is 4.79 Å². The average molecular weight is 311 g/mol. The predicted molar refractivity (Wildman–Crippen MR) is 76.2 cm³/mol. The molecule has 1 aliphatic carbocycles. The van der Waals surface area contributed by atoms with Gasteiger partial charge >= 0.3 is 0 Å². The highest BCUT2D eigenvalue weighted by atomic mass is 79.9. The number of benzene rings is 1. The molecule has 18 heavy (non-hydrogen) atoms. The van der Waals surface area contributed by atoms with Crippen LogP contribution in [0.15, 0.2) is 22.7 Å². The van der Waals surface area contributed by atoms with Crippen LogP contribution in [-0.4, -0.2) is 12.4 Å². The summed E-state index contributed by atoms with van der Waals surface area (Å²) in [6.07, 6.45) is 7.27. The number of halogens is 1. The van der Waals surface area contributed by atoms with Crippen molar-refractivity contribution in [3.05, 3.63) is 28.2 Å². The Hall–Kier alpha value is -0.830. The molecule has 1 fully saturated rings. The van der Waals surface area contributed by atoms with Crippen molar-refractivity contribution in [2.24, 2.45) is 5.92 Å². The van der Waals surface area contributed by atoms with Gasteiger partial charge in [0.25, 0.3) is 0 Å². The second-order valence-corrected chi connectivity index (χ2v) is 5.83. The molecule has 0 atom stereocenters. The Kier molecular flexibility index (Phi) is 4.81. The summed E-state index contributed by atoms with van der Waals surface area (Å²) in [5, 5.41) is 0. The minimum absolute atomic E-state index is 0.325. The van der Waals surface area contributed by atoms with Gasteiger partial charge in [0.05, 0.1) is 10.6 Å². The molecular formula is C15H19BrO2. The SMILES string of the molecule is CCC1CCC(Oc2ccc(C=O)cc2Br)CC1. The Balaban J connectivity index is 1.96. The van der Waals surface area contributed by atoms with E-state index in [1.54, 1.807) is 12.1 Å². The summed E-state index contributed by atoms with van der Waals surface area (Å²) in [6, 6.07) is 5.48. The van der Waals surface area contributed by atoms with Crippen molar-refractivity contribution >= 4 is 22.2 Å². The second kappa shape index (κ2) is 6.37. The lowest BCUT2D eigenvalue weighted by atomic mass is 9.86. The molecule has 0 heterocycles. The van der Waals surface area contributed by atoms with E-state index in [9.17, 15) is 4.79 Å². The van der Waals surface area contributed by atoms with Crippen LogP contribution in [0.5, 0.6) is 5.75 Å². The van der Waals surface area contributed by atoms with Crippen LogP contribution in [0.2, 0.25) is 0 Å². The first-order valence-corrected chi connectivity index (χ1v) is 7.43. The molecule has 1 aromatic rings. The maximum Gasteiger partial charge on any atom is 0.150 e. The van der Waals surface area contributed by atoms with E-state index >= 15 is 0 Å². The molecule has 1 aromatic carbocycles. The number of hydrogen-bond acceptors (Lipinski definition) is 2. The fourth-order valence-electron chi connectivity index (χ4n) is 2.52. The lowest BCUT2D eigenvalue weighted by molar-refractivity contribution is 0.112. The Morgan fingerprint density at radius 2 is 2.06 bits per heavy atom. The molecule has 1 aliphatic rings. The number of rotatable bonds is 4. The summed E-state index contributed by atoms with van der Waals surface area (Å²) in [5.41, 5.74) is 0.670. The lowest BCUT2D eigenvalue weighted by Crippen LogP contribution is -2.24. The first-order valence-electron chi connectivity index (χ1n) is 6.64. The van der Waals surface area contributed by atoms with Gasteiger partial charge in [-0.15, -0.1) is 0 Å². The third-order valence-corrected chi connectivity index (χ3v) is 4.38. The zero-order chi connectivity index (χ0) is 13.0. The first-order chi connectivity index (χ1) is 8.72. The maximum atomic E-state index is 10.7. The summed E-state index contributed by atoms with van der Waals surface area (Å²) in [7, 11) is 0. The molecule has 0 saturated heterocycles. The number of carbonyl (C=O) groups excluding carboxylic acids is 1. The molecule has 0 aromatic heterocycles. The fraction of sp³-hybridized carbons (Fsp3) is 0.533. The van der Waals surface area contributed by atoms with Gasteiger partial charge in [-0.2, -0.15) is 0 Å².